The zero-order chi connectivity index (χ0) is 22.6. The van der Waals surface area contributed by atoms with E-state index in [4.69, 9.17) is 11.6 Å². The molecule has 1 atom stereocenters. The van der Waals surface area contributed by atoms with E-state index in [1.54, 1.807) is 0 Å². The van der Waals surface area contributed by atoms with Crippen molar-refractivity contribution in [2.24, 2.45) is 0 Å². The van der Waals surface area contributed by atoms with Crippen molar-refractivity contribution in [3.8, 4) is 0 Å². The number of hydrogen-bond donors (Lipinski definition) is 1. The van der Waals surface area contributed by atoms with Gasteiger partial charge in [-0.25, -0.2) is 0 Å². The molecule has 0 aromatic heterocycles. The highest BCUT2D eigenvalue weighted by atomic mass is 35.5. The second-order valence-corrected chi connectivity index (χ2v) is 9.48. The lowest BCUT2D eigenvalue weighted by Crippen LogP contribution is -2.57. The second kappa shape index (κ2) is 10.2. The molecule has 1 fully saturated rings. The smallest absolute Gasteiger partial charge is 0.240 e. The minimum absolute atomic E-state index is 0.0513. The van der Waals surface area contributed by atoms with E-state index in [1.807, 2.05) is 37.3 Å². The molecule has 170 valence electrons. The van der Waals surface area contributed by atoms with E-state index in [-0.39, 0.29) is 17.5 Å². The van der Waals surface area contributed by atoms with Crippen LogP contribution in [0.1, 0.15) is 36.5 Å². The number of nitrogens with one attached hydrogen (secondary N) is 1. The van der Waals surface area contributed by atoms with E-state index >= 15 is 0 Å². The third-order valence-electron chi connectivity index (χ3n) is 7.24. The van der Waals surface area contributed by atoms with Crippen molar-refractivity contribution >= 4 is 17.5 Å². The molecule has 5 heteroatoms. The van der Waals surface area contributed by atoms with Gasteiger partial charge in [0.1, 0.15) is 0 Å². The predicted octanol–water partition coefficient (Wildman–Crippen LogP) is 4.42. The van der Waals surface area contributed by atoms with Crippen LogP contribution in [0.25, 0.3) is 0 Å². The van der Waals surface area contributed by atoms with Gasteiger partial charge < -0.3 is 10.2 Å². The number of allylic oxidation sites excluding steroid dienone is 1. The van der Waals surface area contributed by atoms with Crippen molar-refractivity contribution < 1.29 is 4.79 Å². The van der Waals surface area contributed by atoms with Gasteiger partial charge in [-0.1, -0.05) is 60.2 Å². The van der Waals surface area contributed by atoms with Gasteiger partial charge in [0, 0.05) is 36.7 Å². The Hall–Kier alpha value is -2.14. The Labute approximate surface area is 197 Å². The number of likely N-dealkylation sites (N-methyl/N-ethyl adjacent to an activating group) is 1. The second-order valence-electron chi connectivity index (χ2n) is 9.05. The van der Waals surface area contributed by atoms with Gasteiger partial charge in [-0.2, -0.15) is 0 Å². The topological polar surface area (TPSA) is 35.6 Å². The lowest BCUT2D eigenvalue weighted by atomic mass is 9.74. The van der Waals surface area contributed by atoms with Crippen molar-refractivity contribution in [2.45, 2.75) is 44.2 Å². The summed E-state index contributed by atoms with van der Waals surface area (Å²) in [5.74, 6) is 0.200. The van der Waals surface area contributed by atoms with E-state index in [1.165, 1.54) is 11.1 Å². The third-order valence-corrected chi connectivity index (χ3v) is 7.49. The maximum Gasteiger partial charge on any atom is 0.240 e. The van der Waals surface area contributed by atoms with E-state index in [9.17, 15) is 4.79 Å². The molecular formula is C27H34ClN3O. The number of carbonyl (C=O) groups excluding carboxylic acids is 1. The highest BCUT2D eigenvalue weighted by Crippen LogP contribution is 2.42. The number of rotatable bonds is 6. The van der Waals surface area contributed by atoms with Gasteiger partial charge in [0.2, 0.25) is 5.91 Å². The van der Waals surface area contributed by atoms with Crippen molar-refractivity contribution in [1.82, 2.24) is 15.1 Å². The normalized spacial score (nSPS) is 19.3. The van der Waals surface area contributed by atoms with Crippen LogP contribution in [0.2, 0.25) is 5.02 Å². The predicted molar refractivity (Wildman–Crippen MR) is 132 cm³/mol. The minimum atomic E-state index is -0.238. The average molecular weight is 452 g/mol. The lowest BCUT2D eigenvalue weighted by molar-refractivity contribution is -0.136. The Bertz CT molecular complexity index is 948. The van der Waals surface area contributed by atoms with Crippen LogP contribution in [0.4, 0.5) is 0 Å². The van der Waals surface area contributed by atoms with Crippen LogP contribution in [0.3, 0.4) is 0 Å². The molecule has 0 saturated carbocycles. The number of carbonyl (C=O) groups is 1. The maximum absolute atomic E-state index is 13.6. The third kappa shape index (κ3) is 4.78. The van der Waals surface area contributed by atoms with Crippen molar-refractivity contribution in [1.29, 1.82) is 0 Å². The Kier molecular flexibility index (Phi) is 7.34. The van der Waals surface area contributed by atoms with Gasteiger partial charge in [-0.15, -0.1) is 0 Å². The molecule has 2 aromatic rings. The Morgan fingerprint density at radius 3 is 2.56 bits per heavy atom. The summed E-state index contributed by atoms with van der Waals surface area (Å²) in [6.07, 6.45) is 7.80. The monoisotopic (exact) mass is 451 g/mol. The molecule has 2 heterocycles. The van der Waals surface area contributed by atoms with Gasteiger partial charge in [0.25, 0.3) is 0 Å². The summed E-state index contributed by atoms with van der Waals surface area (Å²) in [5.41, 5.74) is 4.11. The zero-order valence-electron chi connectivity index (χ0n) is 19.2. The molecule has 2 aliphatic rings. The molecule has 1 spiro atoms. The maximum atomic E-state index is 13.6. The first kappa shape index (κ1) is 23.0. The van der Waals surface area contributed by atoms with Crippen LogP contribution in [-0.2, 0) is 23.2 Å². The first-order valence-electron chi connectivity index (χ1n) is 11.7. The van der Waals surface area contributed by atoms with Crippen LogP contribution >= 0.6 is 11.6 Å². The summed E-state index contributed by atoms with van der Waals surface area (Å²) in [5, 5.41) is 4.17. The van der Waals surface area contributed by atoms with Crippen molar-refractivity contribution in [3.05, 3.63) is 82.4 Å². The number of piperidine rings is 1. The molecule has 0 bridgehead atoms. The molecule has 0 aliphatic carbocycles. The lowest BCUT2D eigenvalue weighted by Gasteiger charge is -2.51. The Morgan fingerprint density at radius 2 is 1.84 bits per heavy atom. The van der Waals surface area contributed by atoms with E-state index in [0.29, 0.717) is 13.0 Å². The molecule has 4 nitrogen and oxygen atoms in total. The van der Waals surface area contributed by atoms with Gasteiger partial charge in [-0.05, 0) is 68.5 Å². The Balaban J connectivity index is 1.48. The highest BCUT2D eigenvalue weighted by Gasteiger charge is 2.44. The number of hydrogen-bond acceptors (Lipinski definition) is 3. The number of amides is 1. The molecule has 32 heavy (non-hydrogen) atoms. The van der Waals surface area contributed by atoms with E-state index in [2.05, 4.69) is 52.5 Å². The van der Waals surface area contributed by atoms with Crippen LogP contribution in [0.5, 0.6) is 0 Å². The van der Waals surface area contributed by atoms with Crippen LogP contribution in [0, 0.1) is 0 Å². The van der Waals surface area contributed by atoms with E-state index < -0.39 is 0 Å². The molecule has 1 amide bonds. The number of benzene rings is 2. The standard InChI is InChI=1S/C27H34ClN3O/c1-3-4-16-29-25(20-21-9-11-23(28)12-10-21)26(32)31-18-14-27(15-19-31)24-8-6-5-7-22(24)13-17-30(27)2/h3-12,25,29H,13-20H2,1-2H3/b4-3+/t25-/m1/s1. The first-order valence-corrected chi connectivity index (χ1v) is 12.1. The number of halogens is 1. The highest BCUT2D eigenvalue weighted by molar-refractivity contribution is 6.30. The molecule has 2 aliphatic heterocycles. The first-order chi connectivity index (χ1) is 15.5. The number of likely N-dealkylation sites (tertiary alicyclic amines) is 1. The minimum Gasteiger partial charge on any atom is -0.341 e. The van der Waals surface area contributed by atoms with Crippen molar-refractivity contribution in [3.63, 3.8) is 0 Å². The molecule has 0 radical (unpaired) electrons. The molecule has 2 aromatic carbocycles. The summed E-state index contributed by atoms with van der Waals surface area (Å²) >= 11 is 6.05. The largest absolute Gasteiger partial charge is 0.341 e. The fraction of sp³-hybridized carbons (Fsp3) is 0.444. The zero-order valence-corrected chi connectivity index (χ0v) is 19.9. The molecule has 0 unspecified atom stereocenters. The summed E-state index contributed by atoms with van der Waals surface area (Å²) in [4.78, 5) is 18.2. The fourth-order valence-corrected chi connectivity index (χ4v) is 5.43. The molecular weight excluding hydrogens is 418 g/mol. The quantitative estimate of drug-likeness (QED) is 0.660. The van der Waals surface area contributed by atoms with Gasteiger partial charge in [0.05, 0.1) is 6.04 Å². The van der Waals surface area contributed by atoms with Gasteiger partial charge in [0.15, 0.2) is 0 Å². The molecule has 1 saturated heterocycles. The summed E-state index contributed by atoms with van der Waals surface area (Å²) in [6, 6.07) is 16.4. The fourth-order valence-electron chi connectivity index (χ4n) is 5.30. The van der Waals surface area contributed by atoms with E-state index in [0.717, 1.165) is 49.5 Å². The molecule has 4 rings (SSSR count). The van der Waals surface area contributed by atoms with Gasteiger partial charge in [-0.3, -0.25) is 9.69 Å². The number of fused-ring (bicyclic) bond motifs is 2. The molecule has 1 N–H and O–H groups in total. The van der Waals surface area contributed by atoms with Gasteiger partial charge >= 0.3 is 0 Å². The summed E-state index contributed by atoms with van der Waals surface area (Å²) in [6.45, 7) is 5.35. The van der Waals surface area contributed by atoms with Crippen molar-refractivity contribution in [2.75, 3.05) is 33.2 Å². The number of nitrogens with zero attached hydrogens (tertiary/aromatic N) is 2. The Morgan fingerprint density at radius 1 is 1.12 bits per heavy atom. The average Bonchev–Trinajstić information content (AvgIpc) is 2.82. The SMILES string of the molecule is C/C=C/CN[C@H](Cc1ccc(Cl)cc1)C(=O)N1CCC2(CC1)c1ccccc1CCN2C. The summed E-state index contributed by atoms with van der Waals surface area (Å²) < 4.78 is 0. The van der Waals surface area contributed by atoms with Crippen LogP contribution < -0.4 is 5.32 Å². The summed E-state index contributed by atoms with van der Waals surface area (Å²) in [7, 11) is 2.25. The van der Waals surface area contributed by atoms with Crippen LogP contribution in [-0.4, -0.2) is 55.0 Å². The van der Waals surface area contributed by atoms with Crippen LogP contribution in [0.15, 0.2) is 60.7 Å².